The second-order valence-electron chi connectivity index (χ2n) is 2.99. The Balaban J connectivity index is 2.59. The summed E-state index contributed by atoms with van der Waals surface area (Å²) in [6, 6.07) is 0. The molecule has 0 amide bonds. The summed E-state index contributed by atoms with van der Waals surface area (Å²) >= 11 is 0. The van der Waals surface area contributed by atoms with Crippen LogP contribution in [-0.2, 0) is 0 Å². The minimum atomic E-state index is 0.306. The summed E-state index contributed by atoms with van der Waals surface area (Å²) in [5.41, 5.74) is 0.306. The van der Waals surface area contributed by atoms with E-state index in [1.165, 1.54) is 32.1 Å². The van der Waals surface area contributed by atoms with Gasteiger partial charge in [0.05, 0.1) is 0 Å². The van der Waals surface area contributed by atoms with Gasteiger partial charge in [-0.1, -0.05) is 25.7 Å². The van der Waals surface area contributed by atoms with Crippen LogP contribution in [0.2, 0.25) is 0 Å². The molecular formula is C9H14. The van der Waals surface area contributed by atoms with Crippen molar-refractivity contribution in [1.82, 2.24) is 0 Å². The van der Waals surface area contributed by atoms with Crippen molar-refractivity contribution in [2.45, 2.75) is 39.0 Å². The average Bonchev–Trinajstić information content (AvgIpc) is 2.36. The molecule has 0 saturated heterocycles. The van der Waals surface area contributed by atoms with Gasteiger partial charge in [0.1, 0.15) is 0 Å². The Kier molecular flexibility index (Phi) is 1.81. The van der Waals surface area contributed by atoms with E-state index in [2.05, 4.69) is 12.8 Å². The predicted octanol–water partition coefficient (Wildman–Crippen LogP) is 2.59. The fourth-order valence-corrected chi connectivity index (χ4v) is 1.65. The standard InChI is InChI=1S/C9H14/c1-3-9(4-2)7-5-6-8-9/h1H,4-8H2,2H3. The van der Waals surface area contributed by atoms with Crippen molar-refractivity contribution in [2.75, 3.05) is 0 Å². The second-order valence-corrected chi connectivity index (χ2v) is 2.99. The molecule has 50 valence electrons. The highest BCUT2D eigenvalue weighted by molar-refractivity contribution is 5.07. The minimum absolute atomic E-state index is 0.306. The molecule has 0 unspecified atom stereocenters. The van der Waals surface area contributed by atoms with Crippen LogP contribution in [0.15, 0.2) is 0 Å². The predicted molar refractivity (Wildman–Crippen MR) is 40.0 cm³/mol. The van der Waals surface area contributed by atoms with Gasteiger partial charge in [-0.2, -0.15) is 0 Å². The van der Waals surface area contributed by atoms with Gasteiger partial charge in [0.25, 0.3) is 0 Å². The molecule has 1 aliphatic rings. The lowest BCUT2D eigenvalue weighted by molar-refractivity contribution is 0.401. The first-order valence-corrected chi connectivity index (χ1v) is 3.81. The first kappa shape index (κ1) is 6.68. The molecule has 0 N–H and O–H groups in total. The molecule has 1 saturated carbocycles. The molecule has 0 nitrogen and oxygen atoms in total. The molecule has 0 atom stereocenters. The molecule has 0 heterocycles. The smallest absolute Gasteiger partial charge is 0.0309 e. The lowest BCUT2D eigenvalue weighted by Crippen LogP contribution is -2.10. The maximum Gasteiger partial charge on any atom is 0.0309 e. The molecule has 0 aromatic rings. The van der Waals surface area contributed by atoms with Gasteiger partial charge >= 0.3 is 0 Å². The molecule has 0 heteroatoms. The highest BCUT2D eigenvalue weighted by atomic mass is 14.3. The molecule has 9 heavy (non-hydrogen) atoms. The van der Waals surface area contributed by atoms with Crippen LogP contribution < -0.4 is 0 Å². The normalized spacial score (nSPS) is 23.6. The molecule has 0 spiro atoms. The van der Waals surface area contributed by atoms with E-state index in [1.54, 1.807) is 0 Å². The average molecular weight is 122 g/mol. The highest BCUT2D eigenvalue weighted by Crippen LogP contribution is 2.39. The summed E-state index contributed by atoms with van der Waals surface area (Å²) in [6.07, 6.45) is 11.8. The third-order valence-electron chi connectivity index (χ3n) is 2.54. The van der Waals surface area contributed by atoms with Gasteiger partial charge in [0, 0.05) is 5.41 Å². The maximum atomic E-state index is 5.43. The summed E-state index contributed by atoms with van der Waals surface area (Å²) in [5, 5.41) is 0. The van der Waals surface area contributed by atoms with Gasteiger partial charge in [0.15, 0.2) is 0 Å². The van der Waals surface area contributed by atoms with Crippen molar-refractivity contribution in [3.8, 4) is 12.3 Å². The molecule has 1 rings (SSSR count). The Morgan fingerprint density at radius 3 is 2.22 bits per heavy atom. The van der Waals surface area contributed by atoms with Crippen molar-refractivity contribution in [3.05, 3.63) is 0 Å². The molecular weight excluding hydrogens is 108 g/mol. The zero-order valence-corrected chi connectivity index (χ0v) is 6.11. The van der Waals surface area contributed by atoms with Crippen LogP contribution in [0.25, 0.3) is 0 Å². The molecule has 0 bridgehead atoms. The van der Waals surface area contributed by atoms with E-state index in [0.717, 1.165) is 0 Å². The van der Waals surface area contributed by atoms with E-state index >= 15 is 0 Å². The molecule has 0 aromatic heterocycles. The van der Waals surface area contributed by atoms with E-state index in [9.17, 15) is 0 Å². The Morgan fingerprint density at radius 2 is 2.00 bits per heavy atom. The Labute approximate surface area is 57.7 Å². The van der Waals surface area contributed by atoms with E-state index < -0.39 is 0 Å². The van der Waals surface area contributed by atoms with Crippen molar-refractivity contribution in [1.29, 1.82) is 0 Å². The fourth-order valence-electron chi connectivity index (χ4n) is 1.65. The van der Waals surface area contributed by atoms with Crippen molar-refractivity contribution in [3.63, 3.8) is 0 Å². The summed E-state index contributed by atoms with van der Waals surface area (Å²) in [7, 11) is 0. The van der Waals surface area contributed by atoms with Gasteiger partial charge < -0.3 is 0 Å². The Morgan fingerprint density at radius 1 is 1.44 bits per heavy atom. The van der Waals surface area contributed by atoms with Crippen LogP contribution in [0.4, 0.5) is 0 Å². The SMILES string of the molecule is C#CC1(CC)CCCC1. The summed E-state index contributed by atoms with van der Waals surface area (Å²) in [6.45, 7) is 2.20. The molecule has 0 aromatic carbocycles. The van der Waals surface area contributed by atoms with E-state index in [4.69, 9.17) is 6.42 Å². The van der Waals surface area contributed by atoms with Gasteiger partial charge in [-0.15, -0.1) is 6.42 Å². The third-order valence-corrected chi connectivity index (χ3v) is 2.54. The van der Waals surface area contributed by atoms with Crippen LogP contribution in [0, 0.1) is 17.8 Å². The molecule has 0 aliphatic heterocycles. The topological polar surface area (TPSA) is 0 Å². The van der Waals surface area contributed by atoms with E-state index in [0.29, 0.717) is 5.41 Å². The number of rotatable bonds is 1. The highest BCUT2D eigenvalue weighted by Gasteiger charge is 2.29. The summed E-state index contributed by atoms with van der Waals surface area (Å²) in [5.74, 6) is 2.93. The van der Waals surface area contributed by atoms with Crippen LogP contribution >= 0.6 is 0 Å². The maximum absolute atomic E-state index is 5.43. The quantitative estimate of drug-likeness (QED) is 0.469. The molecule has 1 aliphatic carbocycles. The third kappa shape index (κ3) is 1.10. The first-order chi connectivity index (χ1) is 4.33. The fraction of sp³-hybridized carbons (Fsp3) is 0.778. The van der Waals surface area contributed by atoms with Crippen molar-refractivity contribution < 1.29 is 0 Å². The largest absolute Gasteiger partial charge is 0.120 e. The van der Waals surface area contributed by atoms with Crippen molar-refractivity contribution >= 4 is 0 Å². The zero-order chi connectivity index (χ0) is 6.74. The minimum Gasteiger partial charge on any atom is -0.120 e. The van der Waals surface area contributed by atoms with Crippen LogP contribution in [0.5, 0.6) is 0 Å². The lowest BCUT2D eigenvalue weighted by atomic mass is 9.85. The summed E-state index contributed by atoms with van der Waals surface area (Å²) < 4.78 is 0. The van der Waals surface area contributed by atoms with E-state index in [-0.39, 0.29) is 0 Å². The monoisotopic (exact) mass is 122 g/mol. The second kappa shape index (κ2) is 2.43. The number of terminal acetylenes is 1. The van der Waals surface area contributed by atoms with E-state index in [1.807, 2.05) is 0 Å². The first-order valence-electron chi connectivity index (χ1n) is 3.81. The Bertz CT molecular complexity index is 121. The van der Waals surface area contributed by atoms with Crippen LogP contribution in [0.3, 0.4) is 0 Å². The Hall–Kier alpha value is -0.440. The molecule has 0 radical (unpaired) electrons. The van der Waals surface area contributed by atoms with Crippen LogP contribution in [-0.4, -0.2) is 0 Å². The zero-order valence-electron chi connectivity index (χ0n) is 6.11. The number of hydrogen-bond donors (Lipinski definition) is 0. The van der Waals surface area contributed by atoms with Gasteiger partial charge in [-0.05, 0) is 19.3 Å². The number of hydrogen-bond acceptors (Lipinski definition) is 0. The van der Waals surface area contributed by atoms with Gasteiger partial charge in [-0.3, -0.25) is 0 Å². The lowest BCUT2D eigenvalue weighted by Gasteiger charge is -2.18. The van der Waals surface area contributed by atoms with Gasteiger partial charge in [-0.25, -0.2) is 0 Å². The van der Waals surface area contributed by atoms with Crippen molar-refractivity contribution in [2.24, 2.45) is 5.41 Å². The van der Waals surface area contributed by atoms with Gasteiger partial charge in [0.2, 0.25) is 0 Å². The molecule has 1 fully saturated rings. The van der Waals surface area contributed by atoms with Crippen LogP contribution in [0.1, 0.15) is 39.0 Å². The summed E-state index contributed by atoms with van der Waals surface area (Å²) in [4.78, 5) is 0.